The van der Waals surface area contributed by atoms with Crippen molar-refractivity contribution in [3.8, 4) is 23.3 Å². The summed E-state index contributed by atoms with van der Waals surface area (Å²) in [5.41, 5.74) is 0.503. The Balaban J connectivity index is 1.74. The number of thiocarbonyl (C=S) groups is 1. The van der Waals surface area contributed by atoms with Gasteiger partial charge in [-0.1, -0.05) is 49.8 Å². The second kappa shape index (κ2) is 10.4. The van der Waals surface area contributed by atoms with Gasteiger partial charge in [0.25, 0.3) is 11.8 Å². The summed E-state index contributed by atoms with van der Waals surface area (Å²) in [4.78, 5) is 26.4. The first-order valence-corrected chi connectivity index (χ1v) is 10.2. The maximum atomic E-state index is 12.9. The van der Waals surface area contributed by atoms with Gasteiger partial charge in [-0.3, -0.25) is 19.8 Å². The van der Waals surface area contributed by atoms with Crippen LogP contribution < -0.4 is 15.0 Å². The zero-order chi connectivity index (χ0) is 21.3. The normalized spacial score (nSPS) is 14.9. The molecule has 0 bridgehead atoms. The number of nitrogens with one attached hydrogen (secondary N) is 1. The number of para-hydroxylation sites is 1. The molecule has 0 radical (unpaired) electrons. The van der Waals surface area contributed by atoms with Crippen molar-refractivity contribution in [2.45, 2.75) is 32.6 Å². The molecule has 1 N–H and O–H groups in total. The first-order chi connectivity index (χ1) is 14.6. The first-order valence-electron chi connectivity index (χ1n) is 9.81. The van der Waals surface area contributed by atoms with E-state index in [9.17, 15) is 9.59 Å². The number of hydrogen-bond acceptors (Lipinski definition) is 4. The summed E-state index contributed by atoms with van der Waals surface area (Å²) in [7, 11) is 0. The van der Waals surface area contributed by atoms with Gasteiger partial charge in [-0.05, 0) is 55.0 Å². The van der Waals surface area contributed by atoms with Crippen molar-refractivity contribution < 1.29 is 14.3 Å². The van der Waals surface area contributed by atoms with Crippen molar-refractivity contribution in [2.24, 2.45) is 0 Å². The average molecular weight is 419 g/mol. The highest BCUT2D eigenvalue weighted by atomic mass is 32.1. The number of carbonyl (C=O) groups excluding carboxylic acids is 2. The van der Waals surface area contributed by atoms with Gasteiger partial charge in [0.15, 0.2) is 5.11 Å². The highest BCUT2D eigenvalue weighted by Gasteiger charge is 2.34. The number of carbonyl (C=O) groups is 2. The molecule has 0 saturated carbocycles. The van der Waals surface area contributed by atoms with E-state index in [-0.39, 0.29) is 10.7 Å². The minimum atomic E-state index is -0.534. The molecule has 1 heterocycles. The van der Waals surface area contributed by atoms with Crippen LogP contribution in [0.4, 0.5) is 5.69 Å². The molecule has 0 aliphatic carbocycles. The van der Waals surface area contributed by atoms with Crippen LogP contribution in [0.2, 0.25) is 0 Å². The van der Waals surface area contributed by atoms with Crippen LogP contribution in [0.15, 0.2) is 66.2 Å². The molecule has 0 atom stereocenters. The van der Waals surface area contributed by atoms with Gasteiger partial charge in [0.05, 0.1) is 5.69 Å². The van der Waals surface area contributed by atoms with E-state index >= 15 is 0 Å². The second-order valence-corrected chi connectivity index (χ2v) is 7.03. The predicted molar refractivity (Wildman–Crippen MR) is 121 cm³/mol. The quantitative estimate of drug-likeness (QED) is 0.242. The Hall–Kier alpha value is -3.43. The molecule has 30 heavy (non-hydrogen) atoms. The first kappa shape index (κ1) is 21.3. The summed E-state index contributed by atoms with van der Waals surface area (Å²) in [5.74, 6) is 6.10. The average Bonchev–Trinajstić information content (AvgIpc) is 2.74. The molecule has 152 valence electrons. The van der Waals surface area contributed by atoms with E-state index in [0.29, 0.717) is 17.2 Å². The minimum absolute atomic E-state index is 0.0313. The van der Waals surface area contributed by atoms with Crippen molar-refractivity contribution in [2.75, 3.05) is 4.90 Å². The van der Waals surface area contributed by atoms with E-state index < -0.39 is 11.8 Å². The van der Waals surface area contributed by atoms with Crippen LogP contribution in [0.1, 0.15) is 32.6 Å². The van der Waals surface area contributed by atoms with Crippen LogP contribution in [-0.2, 0) is 9.59 Å². The lowest BCUT2D eigenvalue weighted by Crippen LogP contribution is -2.54. The number of anilines is 1. The number of nitrogens with zero attached hydrogens (tertiary/aromatic N) is 1. The smallest absolute Gasteiger partial charge is 0.270 e. The van der Waals surface area contributed by atoms with Crippen molar-refractivity contribution in [3.63, 3.8) is 0 Å². The third-order valence-corrected chi connectivity index (χ3v) is 4.68. The Bertz CT molecular complexity index is 1020. The number of benzene rings is 2. The van der Waals surface area contributed by atoms with Gasteiger partial charge in [-0.2, -0.15) is 0 Å². The van der Waals surface area contributed by atoms with E-state index in [4.69, 9.17) is 17.0 Å². The van der Waals surface area contributed by atoms with Gasteiger partial charge in [0.2, 0.25) is 0 Å². The van der Waals surface area contributed by atoms with Gasteiger partial charge < -0.3 is 4.74 Å². The Morgan fingerprint density at radius 3 is 2.43 bits per heavy atom. The molecular weight excluding hydrogens is 396 g/mol. The largest absolute Gasteiger partial charge is 0.457 e. The molecule has 0 aromatic heterocycles. The number of rotatable bonds is 6. The molecule has 2 aromatic carbocycles. The van der Waals surface area contributed by atoms with Crippen LogP contribution >= 0.6 is 12.2 Å². The Labute approximate surface area is 181 Å². The molecular formula is C24H22N2O3S. The van der Waals surface area contributed by atoms with Crippen LogP contribution in [0.3, 0.4) is 0 Å². The summed E-state index contributed by atoms with van der Waals surface area (Å²) < 4.78 is 5.77. The molecule has 2 amide bonds. The lowest BCUT2D eigenvalue weighted by atomic mass is 10.1. The highest BCUT2D eigenvalue weighted by molar-refractivity contribution is 7.80. The van der Waals surface area contributed by atoms with Gasteiger partial charge in [-0.15, -0.1) is 0 Å². The summed E-state index contributed by atoms with van der Waals surface area (Å²) in [6.07, 6.45) is 5.33. The van der Waals surface area contributed by atoms with Crippen molar-refractivity contribution in [1.82, 2.24) is 5.32 Å². The fourth-order valence-corrected chi connectivity index (χ4v) is 3.12. The molecule has 2 aromatic rings. The summed E-state index contributed by atoms with van der Waals surface area (Å²) >= 11 is 5.22. The van der Waals surface area contributed by atoms with Crippen molar-refractivity contribution >= 4 is 34.8 Å². The van der Waals surface area contributed by atoms with Gasteiger partial charge in [-0.25, -0.2) is 0 Å². The van der Waals surface area contributed by atoms with Gasteiger partial charge >= 0.3 is 0 Å². The molecule has 1 saturated heterocycles. The van der Waals surface area contributed by atoms with Crippen molar-refractivity contribution in [1.29, 1.82) is 0 Å². The summed E-state index contributed by atoms with van der Waals surface area (Å²) in [6, 6.07) is 16.3. The Morgan fingerprint density at radius 2 is 1.73 bits per heavy atom. The maximum absolute atomic E-state index is 12.9. The lowest BCUT2D eigenvalue weighted by molar-refractivity contribution is -0.122. The van der Waals surface area contributed by atoms with Crippen LogP contribution in [0, 0.1) is 11.8 Å². The number of amides is 2. The molecule has 3 rings (SSSR count). The third-order valence-electron chi connectivity index (χ3n) is 4.40. The lowest BCUT2D eigenvalue weighted by Gasteiger charge is -2.28. The number of hydrogen-bond donors (Lipinski definition) is 1. The van der Waals surface area contributed by atoms with Crippen LogP contribution in [0.5, 0.6) is 11.5 Å². The monoisotopic (exact) mass is 418 g/mol. The molecule has 6 heteroatoms. The molecule has 1 fully saturated rings. The second-order valence-electron chi connectivity index (χ2n) is 6.65. The van der Waals surface area contributed by atoms with Gasteiger partial charge in [0, 0.05) is 12.5 Å². The standard InChI is InChI=1S/C24H22N2O3S/c1-2-3-4-5-6-10-13-21-22(27)25-24(30)26(23(21)28)18-14-16-20(17-15-18)29-19-11-8-7-9-12-19/h7-9,11-17H,2-5H2,1H3,(H,25,27,30). The molecule has 1 aliphatic rings. The molecule has 0 unspecified atom stereocenters. The van der Waals surface area contributed by atoms with E-state index in [2.05, 4.69) is 24.1 Å². The predicted octanol–water partition coefficient (Wildman–Crippen LogP) is 4.74. The number of unbranched alkanes of at least 4 members (excludes halogenated alkanes) is 3. The fraction of sp³-hybridized carbons (Fsp3) is 0.208. The van der Waals surface area contributed by atoms with E-state index in [1.165, 1.54) is 11.0 Å². The molecule has 1 aliphatic heterocycles. The minimum Gasteiger partial charge on any atom is -0.457 e. The van der Waals surface area contributed by atoms with Crippen LogP contribution in [0.25, 0.3) is 0 Å². The maximum Gasteiger partial charge on any atom is 0.270 e. The summed E-state index contributed by atoms with van der Waals surface area (Å²) in [6.45, 7) is 2.12. The topological polar surface area (TPSA) is 58.6 Å². The van der Waals surface area contributed by atoms with Gasteiger partial charge in [0.1, 0.15) is 17.1 Å². The third kappa shape index (κ3) is 5.34. The SMILES string of the molecule is CCCCCC#CC=C1C(=O)NC(=S)N(c2ccc(Oc3ccccc3)cc2)C1=O. The van der Waals surface area contributed by atoms with Crippen LogP contribution in [-0.4, -0.2) is 16.9 Å². The zero-order valence-corrected chi connectivity index (χ0v) is 17.5. The highest BCUT2D eigenvalue weighted by Crippen LogP contribution is 2.26. The number of ether oxygens (including phenoxy) is 1. The fourth-order valence-electron chi connectivity index (χ4n) is 2.84. The number of allylic oxidation sites excluding steroid dienone is 1. The summed E-state index contributed by atoms with van der Waals surface area (Å²) in [5, 5.41) is 2.59. The molecule has 5 nitrogen and oxygen atoms in total. The Kier molecular flexibility index (Phi) is 7.36. The van der Waals surface area contributed by atoms with Crippen molar-refractivity contribution in [3.05, 3.63) is 66.2 Å². The molecule has 0 spiro atoms. The van der Waals surface area contributed by atoms with E-state index in [0.717, 1.165) is 25.7 Å². The van der Waals surface area contributed by atoms with E-state index in [1.54, 1.807) is 24.3 Å². The zero-order valence-electron chi connectivity index (χ0n) is 16.7. The Morgan fingerprint density at radius 1 is 1.03 bits per heavy atom. The van der Waals surface area contributed by atoms with E-state index in [1.807, 2.05) is 30.3 Å².